The highest BCUT2D eigenvalue weighted by Crippen LogP contribution is 2.35. The van der Waals surface area contributed by atoms with Crippen LogP contribution < -0.4 is 5.32 Å². The van der Waals surface area contributed by atoms with E-state index in [0.717, 1.165) is 13.1 Å². The fraction of sp³-hybridized carbons (Fsp3) is 0.238. The normalized spacial score (nSPS) is 11.6. The fourth-order valence-corrected chi connectivity index (χ4v) is 4.54. The van der Waals surface area contributed by atoms with Crippen LogP contribution in [0.25, 0.3) is 32.2 Å². The maximum absolute atomic E-state index is 3.25. The number of rotatable bonds is 4. The smallest absolute Gasteiger partial charge is 0.0497 e. The Morgan fingerprint density at radius 2 is 1.88 bits per heavy atom. The van der Waals surface area contributed by atoms with Crippen molar-refractivity contribution in [2.75, 3.05) is 7.05 Å². The van der Waals surface area contributed by atoms with Crippen molar-refractivity contribution in [1.29, 1.82) is 0 Å². The van der Waals surface area contributed by atoms with Gasteiger partial charge in [0.25, 0.3) is 0 Å². The third-order valence-electron chi connectivity index (χ3n) is 4.75. The van der Waals surface area contributed by atoms with Gasteiger partial charge in [0.05, 0.1) is 0 Å². The minimum absolute atomic E-state index is 0.904. The molecule has 0 radical (unpaired) electrons. The molecule has 1 N–H and O–H groups in total. The highest BCUT2D eigenvalue weighted by atomic mass is 32.1. The van der Waals surface area contributed by atoms with Gasteiger partial charge in [0.15, 0.2) is 0 Å². The monoisotopic (exact) mass is 334 g/mol. The van der Waals surface area contributed by atoms with E-state index < -0.39 is 0 Å². The average Bonchev–Trinajstić information content (AvgIpc) is 3.15. The molecule has 0 atom stereocenters. The summed E-state index contributed by atoms with van der Waals surface area (Å²) in [5.41, 5.74) is 6.67. The lowest BCUT2D eigenvalue weighted by molar-refractivity contribution is 0.815. The molecule has 0 fully saturated rings. The first-order valence-electron chi connectivity index (χ1n) is 8.47. The van der Waals surface area contributed by atoms with Crippen LogP contribution in [0.3, 0.4) is 0 Å². The largest absolute Gasteiger partial charge is 0.341 e. The Labute approximate surface area is 146 Å². The van der Waals surface area contributed by atoms with Crippen LogP contribution in [0.1, 0.15) is 18.1 Å². The summed E-state index contributed by atoms with van der Waals surface area (Å²) in [7, 11) is 2.00. The van der Waals surface area contributed by atoms with E-state index in [0.29, 0.717) is 0 Å². The van der Waals surface area contributed by atoms with Crippen LogP contribution in [-0.2, 0) is 13.1 Å². The van der Waals surface area contributed by atoms with E-state index in [4.69, 9.17) is 0 Å². The van der Waals surface area contributed by atoms with E-state index in [1.54, 1.807) is 0 Å². The van der Waals surface area contributed by atoms with Crippen molar-refractivity contribution < 1.29 is 0 Å². The van der Waals surface area contributed by atoms with Crippen LogP contribution in [0.2, 0.25) is 0 Å². The molecule has 2 nitrogen and oxygen atoms in total. The molecule has 2 aromatic carbocycles. The lowest BCUT2D eigenvalue weighted by Crippen LogP contribution is -2.04. The highest BCUT2D eigenvalue weighted by Gasteiger charge is 2.12. The first-order chi connectivity index (χ1) is 11.7. The van der Waals surface area contributed by atoms with Crippen molar-refractivity contribution in [3.05, 3.63) is 59.0 Å². The fourth-order valence-electron chi connectivity index (χ4n) is 3.61. The van der Waals surface area contributed by atoms with Crippen molar-refractivity contribution >= 4 is 33.1 Å². The van der Waals surface area contributed by atoms with Gasteiger partial charge in [0, 0.05) is 39.8 Å². The summed E-state index contributed by atoms with van der Waals surface area (Å²) in [5.74, 6) is 0. The zero-order chi connectivity index (χ0) is 16.7. The highest BCUT2D eigenvalue weighted by molar-refractivity contribution is 7.13. The molecule has 4 rings (SSSR count). The molecular formula is C21H22N2S. The van der Waals surface area contributed by atoms with Gasteiger partial charge >= 0.3 is 0 Å². The molecule has 2 aromatic heterocycles. The Morgan fingerprint density at radius 1 is 1.00 bits per heavy atom. The van der Waals surface area contributed by atoms with Gasteiger partial charge in [-0.3, -0.25) is 0 Å². The Hall–Kier alpha value is -2.10. The number of aryl methyl sites for hydroxylation is 2. The van der Waals surface area contributed by atoms with E-state index in [-0.39, 0.29) is 0 Å². The summed E-state index contributed by atoms with van der Waals surface area (Å²) in [6, 6.07) is 15.9. The van der Waals surface area contributed by atoms with Gasteiger partial charge < -0.3 is 9.88 Å². The Balaban J connectivity index is 1.99. The van der Waals surface area contributed by atoms with Crippen molar-refractivity contribution in [1.82, 2.24) is 9.88 Å². The maximum Gasteiger partial charge on any atom is 0.0497 e. The Kier molecular flexibility index (Phi) is 3.91. The second kappa shape index (κ2) is 6.08. The molecule has 0 saturated heterocycles. The van der Waals surface area contributed by atoms with Gasteiger partial charge in [-0.05, 0) is 67.2 Å². The first-order valence-corrected chi connectivity index (χ1v) is 9.35. The molecule has 4 aromatic rings. The molecule has 24 heavy (non-hydrogen) atoms. The van der Waals surface area contributed by atoms with E-state index in [1.807, 2.05) is 18.4 Å². The molecule has 0 aliphatic heterocycles. The van der Waals surface area contributed by atoms with Crippen LogP contribution in [0.15, 0.2) is 47.8 Å². The molecule has 3 heteroatoms. The van der Waals surface area contributed by atoms with Gasteiger partial charge in [-0.15, -0.1) is 11.3 Å². The number of thiophene rings is 1. The predicted octanol–water partition coefficient (Wildman–Crippen LogP) is 5.57. The van der Waals surface area contributed by atoms with E-state index in [1.165, 1.54) is 43.4 Å². The Morgan fingerprint density at radius 3 is 2.58 bits per heavy atom. The van der Waals surface area contributed by atoms with Crippen molar-refractivity contribution in [3.8, 4) is 10.4 Å². The van der Waals surface area contributed by atoms with Gasteiger partial charge in [0.1, 0.15) is 0 Å². The standard InChI is InChI=1S/C21H22N2S/c1-4-23-19-8-5-15(13-22-3)11-18(19)17-7-6-16(12-20(17)23)21-14(2)9-10-24-21/h5-12,22H,4,13H2,1-3H3. The topological polar surface area (TPSA) is 17.0 Å². The van der Waals surface area contributed by atoms with E-state index in [2.05, 4.69) is 71.6 Å². The lowest BCUT2D eigenvalue weighted by atomic mass is 10.1. The molecule has 0 amide bonds. The van der Waals surface area contributed by atoms with Crippen molar-refractivity contribution in [2.24, 2.45) is 0 Å². The number of nitrogens with one attached hydrogen (secondary N) is 1. The number of aromatic nitrogens is 1. The Bertz CT molecular complexity index is 1020. The summed E-state index contributed by atoms with van der Waals surface area (Å²) in [6.07, 6.45) is 0. The zero-order valence-corrected chi connectivity index (χ0v) is 15.2. The van der Waals surface area contributed by atoms with Crippen LogP contribution in [0, 0.1) is 6.92 Å². The molecule has 0 aliphatic rings. The average molecular weight is 334 g/mol. The number of hydrogen-bond acceptors (Lipinski definition) is 2. The third kappa shape index (κ3) is 2.36. The molecule has 0 bridgehead atoms. The first kappa shape index (κ1) is 15.4. The van der Waals surface area contributed by atoms with Gasteiger partial charge in [0.2, 0.25) is 0 Å². The molecule has 0 aliphatic carbocycles. The minimum atomic E-state index is 0.904. The molecule has 0 saturated carbocycles. The summed E-state index contributed by atoms with van der Waals surface area (Å²) >= 11 is 1.82. The number of hydrogen-bond donors (Lipinski definition) is 1. The molecular weight excluding hydrogens is 312 g/mol. The maximum atomic E-state index is 3.25. The van der Waals surface area contributed by atoms with Crippen LogP contribution in [0.5, 0.6) is 0 Å². The number of benzene rings is 2. The van der Waals surface area contributed by atoms with Crippen molar-refractivity contribution in [2.45, 2.75) is 26.9 Å². The summed E-state index contributed by atoms with van der Waals surface area (Å²) in [6.45, 7) is 6.30. The third-order valence-corrected chi connectivity index (χ3v) is 5.82. The molecule has 0 unspecified atom stereocenters. The van der Waals surface area contributed by atoms with E-state index >= 15 is 0 Å². The SMILES string of the molecule is CCn1c2ccc(CNC)cc2c2ccc(-c3sccc3C)cc21. The summed E-state index contributed by atoms with van der Waals surface area (Å²) in [4.78, 5) is 1.38. The van der Waals surface area contributed by atoms with Crippen molar-refractivity contribution in [3.63, 3.8) is 0 Å². The quantitative estimate of drug-likeness (QED) is 0.516. The number of fused-ring (bicyclic) bond motifs is 3. The number of nitrogens with zero attached hydrogens (tertiary/aromatic N) is 1. The lowest BCUT2D eigenvalue weighted by Gasteiger charge is -2.05. The molecule has 2 heterocycles. The predicted molar refractivity (Wildman–Crippen MR) is 106 cm³/mol. The van der Waals surface area contributed by atoms with Gasteiger partial charge in [-0.2, -0.15) is 0 Å². The molecule has 122 valence electrons. The zero-order valence-electron chi connectivity index (χ0n) is 14.4. The van der Waals surface area contributed by atoms with Crippen LogP contribution >= 0.6 is 11.3 Å². The van der Waals surface area contributed by atoms with Gasteiger partial charge in [-0.1, -0.05) is 18.2 Å². The van der Waals surface area contributed by atoms with E-state index in [9.17, 15) is 0 Å². The summed E-state index contributed by atoms with van der Waals surface area (Å²) < 4.78 is 2.43. The molecule has 0 spiro atoms. The van der Waals surface area contributed by atoms with Crippen LogP contribution in [0.4, 0.5) is 0 Å². The second-order valence-electron chi connectivity index (χ2n) is 6.29. The minimum Gasteiger partial charge on any atom is -0.341 e. The van der Waals surface area contributed by atoms with Crippen LogP contribution in [-0.4, -0.2) is 11.6 Å². The summed E-state index contributed by atoms with van der Waals surface area (Å²) in [5, 5.41) is 8.13. The van der Waals surface area contributed by atoms with Gasteiger partial charge in [-0.25, -0.2) is 0 Å². The second-order valence-corrected chi connectivity index (χ2v) is 7.21.